The molecule has 7 heteroatoms. The third kappa shape index (κ3) is 4.79. The van der Waals surface area contributed by atoms with E-state index in [0.29, 0.717) is 26.1 Å². The number of likely N-dealkylation sites (tertiary alicyclic amines) is 1. The molecule has 3 atom stereocenters. The van der Waals surface area contributed by atoms with Gasteiger partial charge in [-0.25, -0.2) is 4.79 Å². The average Bonchev–Trinajstić information content (AvgIpc) is 2.97. The zero-order valence-electron chi connectivity index (χ0n) is 17.8. The molecule has 2 aliphatic rings. The molecular weight excluding hydrogens is 372 g/mol. The largest absolute Gasteiger partial charge is 0.444 e. The van der Waals surface area contributed by atoms with Crippen molar-refractivity contribution in [1.82, 2.24) is 9.80 Å². The molecule has 7 nitrogen and oxygen atoms in total. The lowest BCUT2D eigenvalue weighted by Crippen LogP contribution is -2.68. The summed E-state index contributed by atoms with van der Waals surface area (Å²) in [5, 5.41) is 0. The molecule has 160 valence electrons. The Bertz CT molecular complexity index is 705. The first-order valence-corrected chi connectivity index (χ1v) is 10.1. The predicted molar refractivity (Wildman–Crippen MR) is 108 cm³/mol. The fourth-order valence-corrected chi connectivity index (χ4v) is 4.45. The highest BCUT2D eigenvalue weighted by atomic mass is 16.7. The Balaban J connectivity index is 1.88. The Hall–Kier alpha value is -1.96. The fraction of sp³-hybridized carbons (Fsp3) is 0.636. The minimum absolute atomic E-state index is 0.0477. The van der Waals surface area contributed by atoms with Gasteiger partial charge in [0, 0.05) is 20.2 Å². The number of hydrogen-bond acceptors (Lipinski definition) is 6. The van der Waals surface area contributed by atoms with Crippen LogP contribution in [0.5, 0.6) is 0 Å². The predicted octanol–water partition coefficient (Wildman–Crippen LogP) is 2.83. The van der Waals surface area contributed by atoms with Gasteiger partial charge >= 0.3 is 6.09 Å². The zero-order valence-corrected chi connectivity index (χ0v) is 17.8. The van der Waals surface area contributed by atoms with Crippen molar-refractivity contribution in [1.29, 1.82) is 0 Å². The van der Waals surface area contributed by atoms with Gasteiger partial charge in [-0.15, -0.1) is 0 Å². The lowest BCUT2D eigenvalue weighted by atomic mass is 9.94. The molecule has 0 unspecified atom stereocenters. The second-order valence-corrected chi connectivity index (χ2v) is 8.91. The van der Waals surface area contributed by atoms with Crippen LogP contribution in [0.1, 0.15) is 39.2 Å². The highest BCUT2D eigenvalue weighted by Crippen LogP contribution is 2.42. The number of carbonyl (C=O) groups excluding carboxylic acids is 2. The first-order chi connectivity index (χ1) is 13.8. The molecule has 0 spiro atoms. The Morgan fingerprint density at radius 1 is 1.28 bits per heavy atom. The van der Waals surface area contributed by atoms with Crippen LogP contribution in [0.25, 0.3) is 0 Å². The molecule has 1 aromatic carbocycles. The van der Waals surface area contributed by atoms with Gasteiger partial charge in [0.15, 0.2) is 0 Å². The van der Waals surface area contributed by atoms with Crippen LogP contribution in [0.3, 0.4) is 0 Å². The van der Waals surface area contributed by atoms with Crippen LogP contribution in [-0.4, -0.2) is 72.5 Å². The normalized spacial score (nSPS) is 27.1. The van der Waals surface area contributed by atoms with E-state index in [-0.39, 0.29) is 18.9 Å². The topological polar surface area (TPSA) is 68.3 Å². The molecule has 0 N–H and O–H groups in total. The summed E-state index contributed by atoms with van der Waals surface area (Å²) in [4.78, 5) is 29.2. The molecule has 0 saturated carbocycles. The van der Waals surface area contributed by atoms with Crippen LogP contribution in [0, 0.1) is 0 Å². The quantitative estimate of drug-likeness (QED) is 0.395. The maximum atomic E-state index is 13.0. The summed E-state index contributed by atoms with van der Waals surface area (Å²) in [6.45, 7) is 7.27. The van der Waals surface area contributed by atoms with Gasteiger partial charge in [-0.05, 0) is 39.2 Å². The highest BCUT2D eigenvalue weighted by Gasteiger charge is 2.58. The summed E-state index contributed by atoms with van der Waals surface area (Å²) in [7, 11) is 1.59. The molecule has 2 bridgehead atoms. The maximum Gasteiger partial charge on any atom is 0.411 e. The molecule has 3 rings (SSSR count). The number of fused-ring (bicyclic) bond motifs is 2. The van der Waals surface area contributed by atoms with Crippen molar-refractivity contribution in [3.05, 3.63) is 35.9 Å². The van der Waals surface area contributed by atoms with Crippen LogP contribution in [0.2, 0.25) is 0 Å². The molecule has 2 heterocycles. The number of aldehydes is 1. The number of benzene rings is 1. The number of rotatable bonds is 7. The van der Waals surface area contributed by atoms with Crippen LogP contribution < -0.4 is 0 Å². The molecule has 2 saturated heterocycles. The highest BCUT2D eigenvalue weighted by molar-refractivity contribution is 5.79. The average molecular weight is 405 g/mol. The number of carbonyl (C=O) groups is 2. The van der Waals surface area contributed by atoms with E-state index in [2.05, 4.69) is 17.0 Å². The van der Waals surface area contributed by atoms with Crippen LogP contribution in [-0.2, 0) is 25.5 Å². The molecular formula is C22H32N2O5. The summed E-state index contributed by atoms with van der Waals surface area (Å²) in [6.07, 6.45) is 1.88. The molecule has 0 radical (unpaired) electrons. The smallest absolute Gasteiger partial charge is 0.411 e. The van der Waals surface area contributed by atoms with E-state index in [0.717, 1.165) is 18.3 Å². The SMILES string of the molecule is COCOC[C@@H]1[C@@H]2CC[C@](C=O)(CN1Cc1ccccc1)N2C(=O)OC(C)(C)C. The summed E-state index contributed by atoms with van der Waals surface area (Å²) >= 11 is 0. The van der Waals surface area contributed by atoms with Gasteiger partial charge in [-0.2, -0.15) is 0 Å². The minimum atomic E-state index is -0.862. The van der Waals surface area contributed by atoms with E-state index >= 15 is 0 Å². The van der Waals surface area contributed by atoms with E-state index in [1.165, 1.54) is 0 Å². The second-order valence-electron chi connectivity index (χ2n) is 8.91. The van der Waals surface area contributed by atoms with Gasteiger partial charge in [-0.1, -0.05) is 30.3 Å². The van der Waals surface area contributed by atoms with E-state index in [1.54, 1.807) is 12.0 Å². The number of ether oxygens (including phenoxy) is 3. The van der Waals surface area contributed by atoms with Crippen molar-refractivity contribution in [2.24, 2.45) is 0 Å². The Kier molecular flexibility index (Phi) is 6.61. The van der Waals surface area contributed by atoms with Crippen molar-refractivity contribution in [3.8, 4) is 0 Å². The van der Waals surface area contributed by atoms with Gasteiger partial charge in [0.1, 0.15) is 24.2 Å². The lowest BCUT2D eigenvalue weighted by Gasteiger charge is -2.50. The molecule has 1 aromatic rings. The van der Waals surface area contributed by atoms with Crippen LogP contribution >= 0.6 is 0 Å². The molecule has 0 aliphatic carbocycles. The van der Waals surface area contributed by atoms with E-state index < -0.39 is 17.2 Å². The number of methoxy groups -OCH3 is 1. The van der Waals surface area contributed by atoms with Gasteiger partial charge in [0.2, 0.25) is 0 Å². The third-order valence-corrected chi connectivity index (χ3v) is 5.60. The molecule has 2 fully saturated rings. The second kappa shape index (κ2) is 8.81. The van der Waals surface area contributed by atoms with Crippen molar-refractivity contribution >= 4 is 12.4 Å². The number of hydrogen-bond donors (Lipinski definition) is 0. The number of amides is 1. The summed E-state index contributed by atoms with van der Waals surface area (Å²) < 4.78 is 16.4. The fourth-order valence-electron chi connectivity index (χ4n) is 4.45. The Labute approximate surface area is 172 Å². The molecule has 0 aromatic heterocycles. The van der Waals surface area contributed by atoms with Crippen molar-refractivity contribution in [2.75, 3.05) is 27.1 Å². The van der Waals surface area contributed by atoms with Gasteiger partial charge in [0.05, 0.1) is 18.7 Å². The van der Waals surface area contributed by atoms with Gasteiger partial charge < -0.3 is 19.0 Å². The minimum Gasteiger partial charge on any atom is -0.444 e. The van der Waals surface area contributed by atoms with Crippen molar-refractivity contribution in [2.45, 2.75) is 63.4 Å². The summed E-state index contributed by atoms with van der Waals surface area (Å²) in [5.74, 6) is 0. The Morgan fingerprint density at radius 3 is 2.62 bits per heavy atom. The molecule has 1 amide bonds. The first-order valence-electron chi connectivity index (χ1n) is 10.1. The summed E-state index contributed by atoms with van der Waals surface area (Å²) in [5.41, 5.74) is -0.320. The number of piperazine rings is 1. The van der Waals surface area contributed by atoms with Crippen LogP contribution in [0.15, 0.2) is 30.3 Å². The lowest BCUT2D eigenvalue weighted by molar-refractivity contribution is -0.130. The first kappa shape index (κ1) is 21.7. The molecule has 2 aliphatic heterocycles. The van der Waals surface area contributed by atoms with E-state index in [4.69, 9.17) is 14.2 Å². The standard InChI is InChI=1S/C22H32N2O5/c1-21(2,3)29-20(26)24-18-10-11-22(24,15-25)14-23(19(18)13-28-16-27-4)12-17-8-6-5-7-9-17/h5-9,15,18-19H,10-14,16H2,1-4H3/t18-,19+,22+/m0/s1. The number of nitrogens with zero attached hydrogens (tertiary/aromatic N) is 2. The zero-order chi connectivity index (χ0) is 21.1. The maximum absolute atomic E-state index is 13.0. The monoisotopic (exact) mass is 404 g/mol. The van der Waals surface area contributed by atoms with Crippen molar-refractivity contribution in [3.63, 3.8) is 0 Å². The Morgan fingerprint density at radius 2 is 2.00 bits per heavy atom. The van der Waals surface area contributed by atoms with E-state index in [1.807, 2.05) is 39.0 Å². The van der Waals surface area contributed by atoms with Gasteiger partial charge in [0.25, 0.3) is 0 Å². The van der Waals surface area contributed by atoms with Gasteiger partial charge in [-0.3, -0.25) is 9.80 Å². The van der Waals surface area contributed by atoms with Crippen LogP contribution in [0.4, 0.5) is 4.79 Å². The van der Waals surface area contributed by atoms with Crippen molar-refractivity contribution < 1.29 is 23.8 Å². The third-order valence-electron chi connectivity index (χ3n) is 5.60. The van der Waals surface area contributed by atoms with E-state index in [9.17, 15) is 9.59 Å². The summed E-state index contributed by atoms with van der Waals surface area (Å²) in [6, 6.07) is 9.95. The molecule has 29 heavy (non-hydrogen) atoms.